The Hall–Kier alpha value is -2.50. The Balaban J connectivity index is 1.85. The Morgan fingerprint density at radius 3 is 2.81 bits per heavy atom. The molecule has 6 nitrogen and oxygen atoms in total. The summed E-state index contributed by atoms with van der Waals surface area (Å²) in [4.78, 5) is 19.3. The van der Waals surface area contributed by atoms with E-state index in [0.717, 1.165) is 48.6 Å². The van der Waals surface area contributed by atoms with Gasteiger partial charge in [0.1, 0.15) is 17.3 Å². The van der Waals surface area contributed by atoms with Crippen LogP contribution in [0.2, 0.25) is 0 Å². The van der Waals surface area contributed by atoms with E-state index < -0.39 is 0 Å². The highest BCUT2D eigenvalue weighted by atomic mass is 16.5. The van der Waals surface area contributed by atoms with Gasteiger partial charge in [-0.3, -0.25) is 4.79 Å². The topological polar surface area (TPSA) is 56.6 Å². The van der Waals surface area contributed by atoms with Gasteiger partial charge >= 0.3 is 0 Å². The van der Waals surface area contributed by atoms with Crippen LogP contribution in [0.15, 0.2) is 24.5 Å². The summed E-state index contributed by atoms with van der Waals surface area (Å²) >= 11 is 0. The number of benzene rings is 1. The van der Waals surface area contributed by atoms with Crippen molar-refractivity contribution in [2.24, 2.45) is 0 Å². The number of carbonyl (C=O) groups is 1. The SMILES string of the molecule is CCc1nccn1C(C)CC(=O)N1CCCc2c(OC)cc(OC)cc21. The van der Waals surface area contributed by atoms with E-state index in [1.54, 1.807) is 20.4 Å². The van der Waals surface area contributed by atoms with Crippen LogP contribution in [0.4, 0.5) is 5.69 Å². The van der Waals surface area contributed by atoms with Gasteiger partial charge in [-0.25, -0.2) is 4.98 Å². The molecule has 2 aromatic rings. The van der Waals surface area contributed by atoms with Crippen molar-refractivity contribution in [3.63, 3.8) is 0 Å². The molecule has 6 heteroatoms. The van der Waals surface area contributed by atoms with E-state index in [4.69, 9.17) is 9.47 Å². The molecule has 0 spiro atoms. The molecule has 1 aromatic carbocycles. The lowest BCUT2D eigenvalue weighted by Crippen LogP contribution is -2.36. The number of hydrogen-bond acceptors (Lipinski definition) is 4. The van der Waals surface area contributed by atoms with Crippen LogP contribution >= 0.6 is 0 Å². The van der Waals surface area contributed by atoms with Crippen LogP contribution in [0.5, 0.6) is 11.5 Å². The second kappa shape index (κ2) is 7.81. The van der Waals surface area contributed by atoms with Gasteiger partial charge < -0.3 is 18.9 Å². The maximum atomic E-state index is 13.1. The lowest BCUT2D eigenvalue weighted by molar-refractivity contribution is -0.119. The van der Waals surface area contributed by atoms with E-state index in [-0.39, 0.29) is 11.9 Å². The number of ether oxygens (including phenoxy) is 2. The second-order valence-corrected chi connectivity index (χ2v) is 6.63. The van der Waals surface area contributed by atoms with Gasteiger partial charge in [0, 0.05) is 55.5 Å². The largest absolute Gasteiger partial charge is 0.497 e. The van der Waals surface area contributed by atoms with E-state index in [9.17, 15) is 4.79 Å². The summed E-state index contributed by atoms with van der Waals surface area (Å²) in [5, 5.41) is 0. The molecule has 3 rings (SSSR count). The number of aromatic nitrogens is 2. The Labute approximate surface area is 154 Å². The predicted octanol–water partition coefficient (Wildman–Crippen LogP) is 3.39. The standard InChI is InChI=1S/C20H27N3O3/c1-5-19-21-8-10-22(19)14(2)11-20(24)23-9-6-7-16-17(23)12-15(25-3)13-18(16)26-4/h8,10,12-14H,5-7,9,11H2,1-4H3. The zero-order valence-electron chi connectivity index (χ0n) is 16.0. The quantitative estimate of drug-likeness (QED) is 0.795. The molecule has 1 atom stereocenters. The van der Waals surface area contributed by atoms with Gasteiger partial charge in [-0.1, -0.05) is 6.92 Å². The number of nitrogens with zero attached hydrogens (tertiary/aromatic N) is 3. The van der Waals surface area contributed by atoms with Crippen LogP contribution < -0.4 is 14.4 Å². The van der Waals surface area contributed by atoms with Crippen molar-refractivity contribution in [1.82, 2.24) is 9.55 Å². The molecule has 2 heterocycles. The van der Waals surface area contributed by atoms with Crippen molar-refractivity contribution in [3.05, 3.63) is 35.9 Å². The maximum Gasteiger partial charge on any atom is 0.229 e. The van der Waals surface area contributed by atoms with E-state index in [1.165, 1.54) is 0 Å². The molecule has 0 fully saturated rings. The van der Waals surface area contributed by atoms with Gasteiger partial charge in [0.25, 0.3) is 0 Å². The maximum absolute atomic E-state index is 13.1. The summed E-state index contributed by atoms with van der Waals surface area (Å²) in [6.07, 6.45) is 6.87. The Bertz CT molecular complexity index is 785. The minimum absolute atomic E-state index is 0.0674. The smallest absolute Gasteiger partial charge is 0.229 e. The molecule has 0 N–H and O–H groups in total. The zero-order valence-corrected chi connectivity index (χ0v) is 16.0. The number of carbonyl (C=O) groups excluding carboxylic acids is 1. The Kier molecular flexibility index (Phi) is 5.49. The average molecular weight is 357 g/mol. The number of amides is 1. The van der Waals surface area contributed by atoms with Crippen molar-refractivity contribution < 1.29 is 14.3 Å². The molecular formula is C20H27N3O3. The van der Waals surface area contributed by atoms with Crippen molar-refractivity contribution in [3.8, 4) is 11.5 Å². The van der Waals surface area contributed by atoms with E-state index in [2.05, 4.69) is 23.4 Å². The molecule has 0 saturated heterocycles. The zero-order chi connectivity index (χ0) is 18.7. The minimum Gasteiger partial charge on any atom is -0.497 e. The lowest BCUT2D eigenvalue weighted by atomic mass is 9.99. The number of methoxy groups -OCH3 is 2. The average Bonchev–Trinajstić information content (AvgIpc) is 3.15. The van der Waals surface area contributed by atoms with Gasteiger partial charge in [0.2, 0.25) is 5.91 Å². The second-order valence-electron chi connectivity index (χ2n) is 6.63. The summed E-state index contributed by atoms with van der Waals surface area (Å²) in [5.74, 6) is 2.61. The van der Waals surface area contributed by atoms with Crippen LogP contribution in [0.25, 0.3) is 0 Å². The summed E-state index contributed by atoms with van der Waals surface area (Å²) in [6, 6.07) is 3.89. The number of imidazole rings is 1. The highest BCUT2D eigenvalue weighted by Crippen LogP contribution is 2.38. The van der Waals surface area contributed by atoms with Crippen molar-refractivity contribution in [2.75, 3.05) is 25.7 Å². The fourth-order valence-corrected chi connectivity index (χ4v) is 3.67. The third-order valence-electron chi connectivity index (χ3n) is 5.02. The molecule has 1 amide bonds. The summed E-state index contributed by atoms with van der Waals surface area (Å²) < 4.78 is 13.0. The van der Waals surface area contributed by atoms with Crippen molar-refractivity contribution >= 4 is 11.6 Å². The first-order valence-electron chi connectivity index (χ1n) is 9.16. The minimum atomic E-state index is 0.0674. The number of rotatable bonds is 6. The fourth-order valence-electron chi connectivity index (χ4n) is 3.67. The predicted molar refractivity (Wildman–Crippen MR) is 101 cm³/mol. The van der Waals surface area contributed by atoms with Crippen LogP contribution in [-0.4, -0.2) is 36.2 Å². The monoisotopic (exact) mass is 357 g/mol. The summed E-state index contributed by atoms with van der Waals surface area (Å²) in [6.45, 7) is 4.86. The van der Waals surface area contributed by atoms with Crippen LogP contribution in [-0.2, 0) is 17.6 Å². The molecule has 1 aliphatic rings. The van der Waals surface area contributed by atoms with Gasteiger partial charge in [-0.05, 0) is 19.8 Å². The normalized spacial score (nSPS) is 14.7. The summed E-state index contributed by atoms with van der Waals surface area (Å²) in [5.41, 5.74) is 1.99. The van der Waals surface area contributed by atoms with E-state index in [0.29, 0.717) is 12.2 Å². The number of hydrogen-bond donors (Lipinski definition) is 0. The van der Waals surface area contributed by atoms with E-state index in [1.807, 2.05) is 23.2 Å². The molecule has 1 unspecified atom stereocenters. The third kappa shape index (κ3) is 3.41. The van der Waals surface area contributed by atoms with Crippen LogP contribution in [0.3, 0.4) is 0 Å². The number of anilines is 1. The third-order valence-corrected chi connectivity index (χ3v) is 5.02. The molecule has 26 heavy (non-hydrogen) atoms. The molecule has 0 saturated carbocycles. The van der Waals surface area contributed by atoms with Crippen molar-refractivity contribution in [1.29, 1.82) is 0 Å². The molecule has 140 valence electrons. The van der Waals surface area contributed by atoms with Crippen LogP contribution in [0, 0.1) is 0 Å². The van der Waals surface area contributed by atoms with Gasteiger partial charge in [-0.15, -0.1) is 0 Å². The first-order valence-corrected chi connectivity index (χ1v) is 9.16. The molecule has 1 aliphatic heterocycles. The highest BCUT2D eigenvalue weighted by Gasteiger charge is 2.27. The van der Waals surface area contributed by atoms with Gasteiger partial charge in [-0.2, -0.15) is 0 Å². The number of aryl methyl sites for hydroxylation is 1. The Morgan fingerprint density at radius 2 is 2.12 bits per heavy atom. The molecule has 0 radical (unpaired) electrons. The fraction of sp³-hybridized carbons (Fsp3) is 0.500. The lowest BCUT2D eigenvalue weighted by Gasteiger charge is -2.32. The molecule has 0 aliphatic carbocycles. The van der Waals surface area contributed by atoms with Crippen molar-refractivity contribution in [2.45, 2.75) is 45.6 Å². The molecule has 0 bridgehead atoms. The molecule has 1 aromatic heterocycles. The molecular weight excluding hydrogens is 330 g/mol. The van der Waals surface area contributed by atoms with E-state index >= 15 is 0 Å². The summed E-state index contributed by atoms with van der Waals surface area (Å²) in [7, 11) is 3.28. The first-order chi connectivity index (χ1) is 12.6. The van der Waals surface area contributed by atoms with Crippen LogP contribution in [0.1, 0.15) is 44.1 Å². The highest BCUT2D eigenvalue weighted by molar-refractivity contribution is 5.95. The first kappa shape index (κ1) is 18.3. The Morgan fingerprint density at radius 1 is 1.31 bits per heavy atom. The van der Waals surface area contributed by atoms with Gasteiger partial charge in [0.05, 0.1) is 19.9 Å². The number of fused-ring (bicyclic) bond motifs is 1. The van der Waals surface area contributed by atoms with Gasteiger partial charge in [0.15, 0.2) is 0 Å².